The van der Waals surface area contributed by atoms with E-state index < -0.39 is 12.0 Å². The number of carbonyl (C=O) groups is 3. The molecule has 0 saturated carbocycles. The number of esters is 1. The SMILES string of the molecule is CC(C)COC(=O)C1=C(CI)CSC2[C@H](NC(=O)Cc3cccs3)C(=O)N12. The number of carbonyl (C=O) groups excluding carboxylic acids is 3. The minimum atomic E-state index is -0.592. The highest BCUT2D eigenvalue weighted by molar-refractivity contribution is 14.1. The van der Waals surface area contributed by atoms with Crippen LogP contribution in [0, 0.1) is 5.92 Å². The highest BCUT2D eigenvalue weighted by atomic mass is 127. The van der Waals surface area contributed by atoms with Crippen molar-refractivity contribution in [3.8, 4) is 0 Å². The molecule has 1 saturated heterocycles. The third kappa shape index (κ3) is 4.51. The summed E-state index contributed by atoms with van der Waals surface area (Å²) in [5.74, 6) is 0.00945. The van der Waals surface area contributed by atoms with E-state index >= 15 is 0 Å². The fourth-order valence-electron chi connectivity index (χ4n) is 2.88. The largest absolute Gasteiger partial charge is 0.461 e. The number of nitrogens with zero attached hydrogens (tertiary/aromatic N) is 1. The van der Waals surface area contributed by atoms with Gasteiger partial charge in [-0.2, -0.15) is 0 Å². The topological polar surface area (TPSA) is 75.7 Å². The van der Waals surface area contributed by atoms with Gasteiger partial charge in [-0.1, -0.05) is 42.5 Å². The zero-order chi connectivity index (χ0) is 19.6. The summed E-state index contributed by atoms with van der Waals surface area (Å²) >= 11 is 5.28. The lowest BCUT2D eigenvalue weighted by atomic mass is 10.0. The number of ether oxygens (including phenoxy) is 1. The zero-order valence-electron chi connectivity index (χ0n) is 15.1. The van der Waals surface area contributed by atoms with Crippen molar-refractivity contribution in [3.05, 3.63) is 33.7 Å². The van der Waals surface area contributed by atoms with Crippen LogP contribution in [0.5, 0.6) is 0 Å². The Morgan fingerprint density at radius 2 is 2.22 bits per heavy atom. The molecule has 0 aliphatic carbocycles. The van der Waals surface area contributed by atoms with Crippen LogP contribution in [-0.2, 0) is 25.5 Å². The molecular formula is C18H21IN2O4S2. The van der Waals surface area contributed by atoms with Gasteiger partial charge in [0.25, 0.3) is 5.91 Å². The van der Waals surface area contributed by atoms with Gasteiger partial charge in [0.1, 0.15) is 17.1 Å². The van der Waals surface area contributed by atoms with Crippen molar-refractivity contribution in [2.24, 2.45) is 5.92 Å². The highest BCUT2D eigenvalue weighted by Gasteiger charge is 2.54. The van der Waals surface area contributed by atoms with E-state index in [0.717, 1.165) is 10.5 Å². The van der Waals surface area contributed by atoms with Crippen LogP contribution >= 0.6 is 45.7 Å². The van der Waals surface area contributed by atoms with Gasteiger partial charge in [-0.25, -0.2) is 4.79 Å². The van der Waals surface area contributed by atoms with Gasteiger partial charge in [-0.05, 0) is 22.9 Å². The molecule has 0 bridgehead atoms. The van der Waals surface area contributed by atoms with Crippen LogP contribution in [0.15, 0.2) is 28.8 Å². The number of β-lactam (4-membered cyclic amide) rings is 1. The number of amides is 2. The second kappa shape index (κ2) is 8.95. The van der Waals surface area contributed by atoms with E-state index in [1.54, 1.807) is 11.8 Å². The third-order valence-electron chi connectivity index (χ3n) is 4.18. The minimum Gasteiger partial charge on any atom is -0.461 e. The summed E-state index contributed by atoms with van der Waals surface area (Å²) < 4.78 is 6.03. The maximum absolute atomic E-state index is 12.7. The molecule has 9 heteroatoms. The predicted molar refractivity (Wildman–Crippen MR) is 115 cm³/mol. The molecule has 2 atom stereocenters. The first-order valence-electron chi connectivity index (χ1n) is 8.64. The summed E-state index contributed by atoms with van der Waals surface area (Å²) in [6.07, 6.45) is 0.261. The lowest BCUT2D eigenvalue weighted by Gasteiger charge is -2.49. The molecule has 0 radical (unpaired) electrons. The molecule has 3 heterocycles. The molecule has 0 aromatic carbocycles. The van der Waals surface area contributed by atoms with Gasteiger partial charge in [-0.3, -0.25) is 14.5 Å². The summed E-state index contributed by atoms with van der Waals surface area (Å²) in [5, 5.41) is 4.49. The van der Waals surface area contributed by atoms with Gasteiger partial charge in [0.05, 0.1) is 13.0 Å². The molecule has 3 rings (SSSR count). The van der Waals surface area contributed by atoms with Crippen LogP contribution in [0.3, 0.4) is 0 Å². The van der Waals surface area contributed by atoms with E-state index in [-0.39, 0.29) is 29.5 Å². The zero-order valence-corrected chi connectivity index (χ0v) is 18.9. The normalized spacial score (nSPS) is 21.8. The molecule has 6 nitrogen and oxygen atoms in total. The average molecular weight is 520 g/mol. The Morgan fingerprint density at radius 3 is 2.85 bits per heavy atom. The standard InChI is InChI=1S/C18H21IN2O4S2/c1-10(2)8-25-18(24)15-11(7-19)9-27-17-14(16(23)21(15)17)20-13(22)6-12-4-3-5-26-12/h3-5,10,14,17H,6-9H2,1-2H3,(H,20,22)/t14-,17?/m1/s1. The molecule has 2 aliphatic rings. The van der Waals surface area contributed by atoms with Crippen LogP contribution in [0.1, 0.15) is 18.7 Å². The molecule has 1 fully saturated rings. The fourth-order valence-corrected chi connectivity index (χ4v) is 5.93. The number of thioether (sulfide) groups is 1. The predicted octanol–water partition coefficient (Wildman–Crippen LogP) is 2.58. The fraction of sp³-hybridized carbons (Fsp3) is 0.500. The molecular weight excluding hydrogens is 499 g/mol. The first-order valence-corrected chi connectivity index (χ1v) is 12.1. The third-order valence-corrected chi connectivity index (χ3v) is 7.32. The summed E-state index contributed by atoms with van der Waals surface area (Å²) in [7, 11) is 0. The van der Waals surface area contributed by atoms with Crippen molar-refractivity contribution in [1.29, 1.82) is 0 Å². The van der Waals surface area contributed by atoms with Crippen LogP contribution in [0.25, 0.3) is 0 Å². The number of fused-ring (bicyclic) bond motifs is 1. The van der Waals surface area contributed by atoms with E-state index in [0.29, 0.717) is 22.5 Å². The number of nitrogens with one attached hydrogen (secondary N) is 1. The van der Waals surface area contributed by atoms with Crippen molar-refractivity contribution in [2.75, 3.05) is 16.8 Å². The van der Waals surface area contributed by atoms with Crippen molar-refractivity contribution in [2.45, 2.75) is 31.7 Å². The minimum absolute atomic E-state index is 0.177. The quantitative estimate of drug-likeness (QED) is 0.259. The van der Waals surface area contributed by atoms with Gasteiger partial charge in [0.2, 0.25) is 5.91 Å². The smallest absolute Gasteiger partial charge is 0.355 e. The van der Waals surface area contributed by atoms with Crippen molar-refractivity contribution < 1.29 is 19.1 Å². The summed E-state index contributed by atoms with van der Waals surface area (Å²) in [5.41, 5.74) is 1.27. The maximum Gasteiger partial charge on any atom is 0.355 e. The second-order valence-electron chi connectivity index (χ2n) is 6.79. The number of hydrogen-bond acceptors (Lipinski definition) is 6. The summed E-state index contributed by atoms with van der Waals surface area (Å²) in [6.45, 7) is 4.25. The van der Waals surface area contributed by atoms with Crippen LogP contribution in [-0.4, -0.2) is 50.9 Å². The second-order valence-corrected chi connectivity index (χ2v) is 9.69. The average Bonchev–Trinajstić information content (AvgIpc) is 3.15. The van der Waals surface area contributed by atoms with Crippen LogP contribution in [0.2, 0.25) is 0 Å². The summed E-state index contributed by atoms with van der Waals surface area (Å²) in [6, 6.07) is 3.20. The summed E-state index contributed by atoms with van der Waals surface area (Å²) in [4.78, 5) is 40.0. The van der Waals surface area contributed by atoms with E-state index in [9.17, 15) is 14.4 Å². The Hall–Kier alpha value is -1.07. The molecule has 2 amide bonds. The lowest BCUT2D eigenvalue weighted by Crippen LogP contribution is -2.70. The van der Waals surface area contributed by atoms with Gasteiger partial charge >= 0.3 is 5.97 Å². The van der Waals surface area contributed by atoms with E-state index in [2.05, 4.69) is 27.9 Å². The number of rotatable bonds is 7. The van der Waals surface area contributed by atoms with Crippen molar-refractivity contribution >= 4 is 63.5 Å². The Labute approximate surface area is 180 Å². The Kier molecular flexibility index (Phi) is 6.85. The molecule has 2 aliphatic heterocycles. The molecule has 27 heavy (non-hydrogen) atoms. The van der Waals surface area contributed by atoms with Gasteiger partial charge in [0.15, 0.2) is 0 Å². The monoisotopic (exact) mass is 520 g/mol. The van der Waals surface area contributed by atoms with E-state index in [1.807, 2.05) is 31.4 Å². The number of thiophene rings is 1. The Bertz CT molecular complexity index is 763. The van der Waals surface area contributed by atoms with Crippen LogP contribution in [0.4, 0.5) is 0 Å². The van der Waals surface area contributed by atoms with Crippen molar-refractivity contribution in [1.82, 2.24) is 10.2 Å². The lowest BCUT2D eigenvalue weighted by molar-refractivity contribution is -0.153. The van der Waals surface area contributed by atoms with Crippen molar-refractivity contribution in [3.63, 3.8) is 0 Å². The van der Waals surface area contributed by atoms with Crippen LogP contribution < -0.4 is 5.32 Å². The first kappa shape index (κ1) is 20.7. The Balaban J connectivity index is 1.68. The first-order chi connectivity index (χ1) is 12.9. The molecule has 1 aromatic heterocycles. The van der Waals surface area contributed by atoms with Gasteiger partial charge in [0, 0.05) is 15.1 Å². The van der Waals surface area contributed by atoms with E-state index in [4.69, 9.17) is 4.74 Å². The highest BCUT2D eigenvalue weighted by Crippen LogP contribution is 2.41. The number of alkyl halides is 1. The van der Waals surface area contributed by atoms with Gasteiger partial charge in [-0.15, -0.1) is 23.1 Å². The Morgan fingerprint density at radius 1 is 1.44 bits per heavy atom. The number of halogens is 1. The molecule has 1 aromatic rings. The molecule has 1 unspecified atom stereocenters. The number of hydrogen-bond donors (Lipinski definition) is 1. The molecule has 1 N–H and O–H groups in total. The molecule has 146 valence electrons. The maximum atomic E-state index is 12.7. The van der Waals surface area contributed by atoms with E-state index in [1.165, 1.54) is 16.2 Å². The van der Waals surface area contributed by atoms with Gasteiger partial charge < -0.3 is 10.1 Å². The molecule has 0 spiro atoms.